The number of nitriles is 1. The molecular formula is C29H25N3O. The number of nitrogens with zero attached hydrogens (tertiary/aromatic N) is 1. The highest BCUT2D eigenvalue weighted by atomic mass is 16.3. The number of hydrogen-bond donors (Lipinski definition) is 3. The average Bonchev–Trinajstić information content (AvgIpc) is 3.39. The average molecular weight is 432 g/mol. The van der Waals surface area contributed by atoms with E-state index in [2.05, 4.69) is 65.4 Å². The van der Waals surface area contributed by atoms with Crippen LogP contribution in [0.1, 0.15) is 29.2 Å². The molecule has 3 N–H and O–H groups in total. The van der Waals surface area contributed by atoms with Crippen molar-refractivity contribution in [3.8, 4) is 22.9 Å². The van der Waals surface area contributed by atoms with Crippen LogP contribution in [-0.4, -0.2) is 11.7 Å². The molecule has 0 amide bonds. The van der Waals surface area contributed by atoms with E-state index < -0.39 is 0 Å². The number of hydrogen-bond acceptors (Lipinski definition) is 4. The molecule has 4 aromatic rings. The van der Waals surface area contributed by atoms with Crippen molar-refractivity contribution in [1.82, 2.24) is 10.6 Å². The van der Waals surface area contributed by atoms with Crippen molar-refractivity contribution >= 4 is 10.8 Å². The van der Waals surface area contributed by atoms with Crippen LogP contribution in [0.4, 0.5) is 0 Å². The highest BCUT2D eigenvalue weighted by Gasteiger charge is 2.21. The van der Waals surface area contributed by atoms with E-state index in [1.807, 2.05) is 30.3 Å². The van der Waals surface area contributed by atoms with Crippen LogP contribution in [0.3, 0.4) is 0 Å². The fourth-order valence-corrected chi connectivity index (χ4v) is 4.54. The minimum atomic E-state index is 0.0234. The Kier molecular flexibility index (Phi) is 5.80. The minimum Gasteiger partial charge on any atom is -0.508 e. The van der Waals surface area contributed by atoms with Crippen LogP contribution in [0, 0.1) is 11.3 Å². The molecule has 0 spiro atoms. The van der Waals surface area contributed by atoms with Gasteiger partial charge in [0.1, 0.15) is 5.75 Å². The number of phenolic OH excluding ortho intramolecular Hbond substituents is 1. The molecule has 0 aromatic heterocycles. The smallest absolute Gasteiger partial charge is 0.115 e. The molecule has 0 bridgehead atoms. The first-order valence-electron chi connectivity index (χ1n) is 11.2. The topological polar surface area (TPSA) is 68.1 Å². The molecular weight excluding hydrogens is 406 g/mol. The summed E-state index contributed by atoms with van der Waals surface area (Å²) in [5, 5.41) is 28.8. The van der Waals surface area contributed by atoms with Crippen molar-refractivity contribution in [3.05, 3.63) is 113 Å². The molecule has 4 aromatic carbocycles. The molecule has 4 heteroatoms. The van der Waals surface area contributed by atoms with E-state index in [0.717, 1.165) is 46.0 Å². The van der Waals surface area contributed by atoms with Gasteiger partial charge in [0.2, 0.25) is 0 Å². The van der Waals surface area contributed by atoms with Crippen molar-refractivity contribution in [2.45, 2.75) is 19.0 Å². The van der Waals surface area contributed by atoms with E-state index in [1.54, 1.807) is 12.1 Å². The molecule has 0 saturated carbocycles. The van der Waals surface area contributed by atoms with Gasteiger partial charge in [-0.2, -0.15) is 5.26 Å². The lowest BCUT2D eigenvalue weighted by atomic mass is 9.90. The molecule has 1 unspecified atom stereocenters. The predicted octanol–water partition coefficient (Wildman–Crippen LogP) is 5.79. The minimum absolute atomic E-state index is 0.0234. The highest BCUT2D eigenvalue weighted by Crippen LogP contribution is 2.35. The van der Waals surface area contributed by atoms with E-state index >= 15 is 0 Å². The van der Waals surface area contributed by atoms with E-state index in [-0.39, 0.29) is 11.8 Å². The second kappa shape index (κ2) is 9.20. The SMILES string of the molecule is N#Cc1ccc(C(NCc2ccc(O)cc2)C2=CNCC2)cc1-c1cccc2ccccc12. The van der Waals surface area contributed by atoms with E-state index in [0.29, 0.717) is 12.1 Å². The fraction of sp³-hybridized carbons (Fsp3) is 0.138. The van der Waals surface area contributed by atoms with Crippen LogP contribution in [-0.2, 0) is 6.54 Å². The van der Waals surface area contributed by atoms with Gasteiger partial charge in [-0.3, -0.25) is 0 Å². The lowest BCUT2D eigenvalue weighted by Crippen LogP contribution is -2.22. The molecule has 0 radical (unpaired) electrons. The zero-order valence-electron chi connectivity index (χ0n) is 18.3. The predicted molar refractivity (Wildman–Crippen MR) is 132 cm³/mol. The second-order valence-electron chi connectivity index (χ2n) is 8.35. The highest BCUT2D eigenvalue weighted by molar-refractivity contribution is 5.97. The van der Waals surface area contributed by atoms with Crippen molar-refractivity contribution in [2.75, 3.05) is 6.54 Å². The summed E-state index contributed by atoms with van der Waals surface area (Å²) in [6.45, 7) is 1.60. The van der Waals surface area contributed by atoms with E-state index in [4.69, 9.17) is 0 Å². The first-order chi connectivity index (χ1) is 16.2. The first-order valence-corrected chi connectivity index (χ1v) is 11.2. The Labute approximate surface area is 193 Å². The third-order valence-corrected chi connectivity index (χ3v) is 6.24. The molecule has 4 nitrogen and oxygen atoms in total. The maximum absolute atomic E-state index is 9.86. The Balaban J connectivity index is 1.56. The van der Waals surface area contributed by atoms with Gasteiger partial charge in [0.25, 0.3) is 0 Å². The van der Waals surface area contributed by atoms with Gasteiger partial charge in [-0.15, -0.1) is 0 Å². The van der Waals surface area contributed by atoms with Crippen molar-refractivity contribution in [1.29, 1.82) is 5.26 Å². The quantitative estimate of drug-likeness (QED) is 0.361. The standard InChI is InChI=1S/C29H25N3O/c30-17-23-11-10-22(16-28(23)27-7-3-5-21-4-1-2-6-26(21)27)29(24-14-15-31-19-24)32-18-20-8-12-25(33)13-9-20/h1-13,16,19,29,31-33H,14-15,18H2. The van der Waals surface area contributed by atoms with Gasteiger partial charge in [-0.25, -0.2) is 0 Å². The summed E-state index contributed by atoms with van der Waals surface area (Å²) in [4.78, 5) is 0. The third kappa shape index (κ3) is 4.32. The van der Waals surface area contributed by atoms with Gasteiger partial charge in [-0.1, -0.05) is 60.7 Å². The summed E-state index contributed by atoms with van der Waals surface area (Å²) in [5.74, 6) is 0.268. The maximum Gasteiger partial charge on any atom is 0.115 e. The monoisotopic (exact) mass is 431 g/mol. The molecule has 162 valence electrons. The zero-order valence-corrected chi connectivity index (χ0v) is 18.3. The summed E-state index contributed by atoms with van der Waals surface area (Å²) < 4.78 is 0. The number of nitrogens with one attached hydrogen (secondary N) is 2. The normalized spacial score (nSPS) is 13.8. The number of fused-ring (bicyclic) bond motifs is 1. The van der Waals surface area contributed by atoms with Crippen molar-refractivity contribution in [2.24, 2.45) is 0 Å². The molecule has 1 heterocycles. The number of rotatable bonds is 6. The number of phenols is 1. The van der Waals surface area contributed by atoms with Gasteiger partial charge in [0, 0.05) is 18.7 Å². The van der Waals surface area contributed by atoms with Crippen LogP contribution < -0.4 is 10.6 Å². The van der Waals surface area contributed by atoms with Gasteiger partial charge in [0.05, 0.1) is 17.7 Å². The molecule has 33 heavy (non-hydrogen) atoms. The maximum atomic E-state index is 9.86. The Bertz CT molecular complexity index is 1360. The van der Waals surface area contributed by atoms with Gasteiger partial charge in [-0.05, 0) is 69.9 Å². The van der Waals surface area contributed by atoms with Crippen LogP contribution in [0.2, 0.25) is 0 Å². The summed E-state index contributed by atoms with van der Waals surface area (Å²) in [6.07, 6.45) is 3.07. The Hall–Kier alpha value is -4.07. The number of benzene rings is 4. The van der Waals surface area contributed by atoms with Crippen LogP contribution >= 0.6 is 0 Å². The zero-order chi connectivity index (χ0) is 22.6. The Morgan fingerprint density at radius 1 is 0.939 bits per heavy atom. The largest absolute Gasteiger partial charge is 0.508 e. The van der Waals surface area contributed by atoms with E-state index in [9.17, 15) is 10.4 Å². The van der Waals surface area contributed by atoms with Crippen LogP contribution in [0.5, 0.6) is 5.75 Å². The fourth-order valence-electron chi connectivity index (χ4n) is 4.54. The Morgan fingerprint density at radius 3 is 2.55 bits per heavy atom. The lowest BCUT2D eigenvalue weighted by molar-refractivity contribution is 0.475. The summed E-state index contributed by atoms with van der Waals surface area (Å²) in [6, 6.07) is 30.4. The van der Waals surface area contributed by atoms with Crippen molar-refractivity contribution < 1.29 is 5.11 Å². The molecule has 0 saturated heterocycles. The molecule has 1 aliphatic heterocycles. The van der Waals surface area contributed by atoms with Gasteiger partial charge in [0.15, 0.2) is 0 Å². The summed E-state index contributed by atoms with van der Waals surface area (Å²) >= 11 is 0. The van der Waals surface area contributed by atoms with Gasteiger partial charge >= 0.3 is 0 Å². The molecule has 5 rings (SSSR count). The second-order valence-corrected chi connectivity index (χ2v) is 8.35. The van der Waals surface area contributed by atoms with Crippen LogP contribution in [0.15, 0.2) is 96.7 Å². The molecule has 0 aliphatic carbocycles. The molecule has 1 aliphatic rings. The van der Waals surface area contributed by atoms with Gasteiger partial charge < -0.3 is 15.7 Å². The summed E-state index contributed by atoms with van der Waals surface area (Å²) in [7, 11) is 0. The third-order valence-electron chi connectivity index (χ3n) is 6.24. The molecule has 1 atom stereocenters. The summed E-state index contributed by atoms with van der Waals surface area (Å²) in [5.41, 5.74) is 6.23. The van der Waals surface area contributed by atoms with E-state index in [1.165, 1.54) is 5.57 Å². The molecule has 0 fully saturated rings. The Morgan fingerprint density at radius 2 is 1.76 bits per heavy atom. The van der Waals surface area contributed by atoms with Crippen LogP contribution in [0.25, 0.3) is 21.9 Å². The van der Waals surface area contributed by atoms with Crippen molar-refractivity contribution in [3.63, 3.8) is 0 Å². The lowest BCUT2D eigenvalue weighted by Gasteiger charge is -2.22. The first kappa shape index (κ1) is 20.8. The number of aromatic hydroxyl groups is 1.